The van der Waals surface area contributed by atoms with Crippen molar-refractivity contribution in [3.05, 3.63) is 65.7 Å². The van der Waals surface area contributed by atoms with Gasteiger partial charge in [-0.15, -0.1) is 0 Å². The van der Waals surface area contributed by atoms with Crippen LogP contribution in [0.3, 0.4) is 0 Å². The van der Waals surface area contributed by atoms with Crippen LogP contribution in [0.5, 0.6) is 0 Å². The van der Waals surface area contributed by atoms with Gasteiger partial charge in [0.05, 0.1) is 18.2 Å². The molecule has 176 valence electrons. The van der Waals surface area contributed by atoms with Gasteiger partial charge in [-0.3, -0.25) is 14.6 Å². The molecule has 0 spiro atoms. The Morgan fingerprint density at radius 2 is 1.73 bits per heavy atom. The number of aliphatic imine (C=N–C) groups is 1. The first-order chi connectivity index (χ1) is 15.6. The molecule has 1 aliphatic rings. The summed E-state index contributed by atoms with van der Waals surface area (Å²) in [6.07, 6.45) is -5.83. The van der Waals surface area contributed by atoms with Crippen LogP contribution < -0.4 is 15.5 Å². The molecule has 2 amide bonds. The predicted octanol–water partition coefficient (Wildman–Crippen LogP) is 3.51. The van der Waals surface area contributed by atoms with Crippen LogP contribution in [-0.2, 0) is 9.59 Å². The minimum Gasteiger partial charge on any atom is -0.370 e. The molecule has 1 aliphatic heterocycles. The fourth-order valence-electron chi connectivity index (χ4n) is 3.58. The standard InChI is InChI=1S/C24H27F3N4O2/c1-15(24(25,26)27)13-21(32)28-16(2)23(33)30-20-14-31(3)19-12-8-7-11-18(19)22(29-20)17-9-5-4-6-10-17/h4-12,15-16,20H,13-14H2,1-3H3,(H,28,32)(H,30,33)/t15?,16?,20-/m1/s1. The third-order valence-electron chi connectivity index (χ3n) is 5.48. The summed E-state index contributed by atoms with van der Waals surface area (Å²) in [6.45, 7) is 2.75. The smallest absolute Gasteiger partial charge is 0.370 e. The summed E-state index contributed by atoms with van der Waals surface area (Å²) in [7, 11) is 1.89. The number of nitrogens with zero attached hydrogens (tertiary/aromatic N) is 2. The fourth-order valence-corrected chi connectivity index (χ4v) is 3.58. The minimum absolute atomic E-state index is 0.380. The van der Waals surface area contributed by atoms with E-state index < -0.39 is 42.5 Å². The zero-order chi connectivity index (χ0) is 24.2. The van der Waals surface area contributed by atoms with Gasteiger partial charge in [0.25, 0.3) is 0 Å². The molecule has 0 aliphatic carbocycles. The highest BCUT2D eigenvalue weighted by atomic mass is 19.4. The quantitative estimate of drug-likeness (QED) is 0.693. The Morgan fingerprint density at radius 1 is 1.09 bits per heavy atom. The van der Waals surface area contributed by atoms with E-state index >= 15 is 0 Å². The van der Waals surface area contributed by atoms with Crippen LogP contribution in [0.2, 0.25) is 0 Å². The summed E-state index contributed by atoms with van der Waals surface area (Å²) in [5.74, 6) is -3.15. The van der Waals surface area contributed by atoms with E-state index in [0.29, 0.717) is 6.54 Å². The molecule has 3 rings (SSSR count). The molecule has 1 heterocycles. The molecule has 0 aromatic heterocycles. The summed E-state index contributed by atoms with van der Waals surface area (Å²) in [4.78, 5) is 31.5. The third kappa shape index (κ3) is 6.12. The average molecular weight is 461 g/mol. The second-order valence-electron chi connectivity index (χ2n) is 8.20. The highest BCUT2D eigenvalue weighted by Gasteiger charge is 2.37. The first-order valence-electron chi connectivity index (χ1n) is 10.7. The summed E-state index contributed by atoms with van der Waals surface area (Å²) < 4.78 is 38.1. The first-order valence-corrected chi connectivity index (χ1v) is 10.7. The number of hydrogen-bond acceptors (Lipinski definition) is 4. The van der Waals surface area contributed by atoms with Crippen molar-refractivity contribution in [2.75, 3.05) is 18.5 Å². The number of benzene rings is 2. The average Bonchev–Trinajstić information content (AvgIpc) is 2.90. The molecular formula is C24H27F3N4O2. The zero-order valence-corrected chi connectivity index (χ0v) is 18.7. The number of nitrogens with one attached hydrogen (secondary N) is 2. The van der Waals surface area contributed by atoms with Crippen molar-refractivity contribution in [2.45, 2.75) is 38.7 Å². The van der Waals surface area contributed by atoms with Gasteiger partial charge in [-0.1, -0.05) is 55.5 Å². The van der Waals surface area contributed by atoms with Crippen molar-refractivity contribution < 1.29 is 22.8 Å². The van der Waals surface area contributed by atoms with Crippen molar-refractivity contribution in [3.63, 3.8) is 0 Å². The van der Waals surface area contributed by atoms with E-state index in [0.717, 1.165) is 29.4 Å². The van der Waals surface area contributed by atoms with Gasteiger partial charge in [0.1, 0.15) is 12.2 Å². The Kier molecular flexibility index (Phi) is 7.40. The lowest BCUT2D eigenvalue weighted by Crippen LogP contribution is -2.50. The number of hydrogen-bond donors (Lipinski definition) is 2. The monoisotopic (exact) mass is 460 g/mol. The van der Waals surface area contributed by atoms with E-state index in [1.807, 2.05) is 66.5 Å². The molecule has 0 fully saturated rings. The van der Waals surface area contributed by atoms with E-state index in [1.54, 1.807) is 0 Å². The van der Waals surface area contributed by atoms with Gasteiger partial charge in [0.15, 0.2) is 0 Å². The van der Waals surface area contributed by atoms with Crippen molar-refractivity contribution in [1.82, 2.24) is 10.6 Å². The molecule has 0 radical (unpaired) electrons. The summed E-state index contributed by atoms with van der Waals surface area (Å²) in [5, 5.41) is 5.15. The topological polar surface area (TPSA) is 73.8 Å². The number of carbonyl (C=O) groups is 2. The van der Waals surface area contributed by atoms with E-state index in [1.165, 1.54) is 6.92 Å². The number of likely N-dealkylation sites (N-methyl/N-ethyl adjacent to an activating group) is 1. The molecule has 2 aromatic rings. The maximum atomic E-state index is 12.7. The van der Waals surface area contributed by atoms with Gasteiger partial charge in [-0.2, -0.15) is 13.2 Å². The maximum absolute atomic E-state index is 12.7. The zero-order valence-electron chi connectivity index (χ0n) is 18.7. The maximum Gasteiger partial charge on any atom is 0.392 e. The Labute approximate surface area is 190 Å². The fraction of sp³-hybridized carbons (Fsp3) is 0.375. The van der Waals surface area contributed by atoms with Crippen LogP contribution >= 0.6 is 0 Å². The number of anilines is 1. The number of carbonyl (C=O) groups excluding carboxylic acids is 2. The highest BCUT2D eigenvalue weighted by molar-refractivity contribution is 6.16. The van der Waals surface area contributed by atoms with Crippen molar-refractivity contribution in [1.29, 1.82) is 0 Å². The second-order valence-corrected chi connectivity index (χ2v) is 8.20. The van der Waals surface area contributed by atoms with Crippen LogP contribution in [0, 0.1) is 5.92 Å². The summed E-state index contributed by atoms with van der Waals surface area (Å²) >= 11 is 0. The number of para-hydroxylation sites is 1. The lowest BCUT2D eigenvalue weighted by Gasteiger charge is -2.24. The lowest BCUT2D eigenvalue weighted by molar-refractivity contribution is -0.174. The molecule has 0 saturated heterocycles. The summed E-state index contributed by atoms with van der Waals surface area (Å²) in [6, 6.07) is 16.4. The van der Waals surface area contributed by atoms with Crippen LogP contribution in [0.15, 0.2) is 59.6 Å². The summed E-state index contributed by atoms with van der Waals surface area (Å²) in [5.41, 5.74) is 3.49. The molecule has 33 heavy (non-hydrogen) atoms. The molecular weight excluding hydrogens is 433 g/mol. The Balaban J connectivity index is 1.76. The second kappa shape index (κ2) is 10.1. The van der Waals surface area contributed by atoms with E-state index in [9.17, 15) is 22.8 Å². The minimum atomic E-state index is -4.47. The highest BCUT2D eigenvalue weighted by Crippen LogP contribution is 2.28. The van der Waals surface area contributed by atoms with Crippen LogP contribution in [0.25, 0.3) is 0 Å². The van der Waals surface area contributed by atoms with Gasteiger partial charge >= 0.3 is 6.18 Å². The number of rotatable bonds is 6. The molecule has 9 heteroatoms. The largest absolute Gasteiger partial charge is 0.392 e. The van der Waals surface area contributed by atoms with Crippen molar-refractivity contribution in [3.8, 4) is 0 Å². The molecule has 2 unspecified atom stereocenters. The van der Waals surface area contributed by atoms with Crippen molar-refractivity contribution >= 4 is 23.2 Å². The van der Waals surface area contributed by atoms with Crippen LogP contribution in [0.4, 0.5) is 18.9 Å². The molecule has 2 aromatic carbocycles. The number of halogens is 3. The van der Waals surface area contributed by atoms with Gasteiger partial charge in [-0.25, -0.2) is 0 Å². The Bertz CT molecular complexity index is 1020. The number of benzodiazepines with no additional fused rings is 1. The molecule has 0 bridgehead atoms. The van der Waals surface area contributed by atoms with Gasteiger partial charge in [0, 0.05) is 30.3 Å². The number of amides is 2. The third-order valence-corrected chi connectivity index (χ3v) is 5.48. The van der Waals surface area contributed by atoms with E-state index in [2.05, 4.69) is 10.6 Å². The van der Waals surface area contributed by atoms with Crippen LogP contribution in [-0.4, -0.2) is 49.5 Å². The number of alkyl halides is 3. The molecule has 6 nitrogen and oxygen atoms in total. The SMILES string of the molecule is CC(NC(=O)CC(C)C(F)(F)F)C(=O)N[C@@H]1CN(C)c2ccccc2C(c2ccccc2)=N1. The molecule has 0 saturated carbocycles. The van der Waals surface area contributed by atoms with E-state index in [-0.39, 0.29) is 0 Å². The Hall–Kier alpha value is -3.36. The number of fused-ring (bicyclic) bond motifs is 1. The lowest BCUT2D eigenvalue weighted by atomic mass is 10.0. The van der Waals surface area contributed by atoms with Gasteiger partial charge in [-0.05, 0) is 13.0 Å². The molecule has 3 atom stereocenters. The van der Waals surface area contributed by atoms with Gasteiger partial charge in [0.2, 0.25) is 11.8 Å². The van der Waals surface area contributed by atoms with Crippen LogP contribution in [0.1, 0.15) is 31.4 Å². The molecule has 2 N–H and O–H groups in total. The first kappa shape index (κ1) is 24.3. The predicted molar refractivity (Wildman–Crippen MR) is 121 cm³/mol. The normalized spacial score (nSPS) is 17.8. The Morgan fingerprint density at radius 3 is 2.39 bits per heavy atom. The van der Waals surface area contributed by atoms with Crippen molar-refractivity contribution in [2.24, 2.45) is 10.9 Å². The van der Waals surface area contributed by atoms with Gasteiger partial charge < -0.3 is 15.5 Å². The van der Waals surface area contributed by atoms with E-state index in [4.69, 9.17) is 4.99 Å².